The summed E-state index contributed by atoms with van der Waals surface area (Å²) < 4.78 is 139. The lowest BCUT2D eigenvalue weighted by Crippen LogP contribution is -2.42. The predicted molar refractivity (Wildman–Crippen MR) is 464 cm³/mol. The Labute approximate surface area is 744 Å². The number of esters is 2. The number of carbonyl (C=O) groups is 4. The lowest BCUT2D eigenvalue weighted by Gasteiger charge is -2.41. The highest BCUT2D eigenvalue weighted by molar-refractivity contribution is 8.77. The summed E-state index contributed by atoms with van der Waals surface area (Å²) in [5.41, 5.74) is -5.41. The number of nitrogens with zero attached hydrogens (tertiary/aromatic N) is 5. The van der Waals surface area contributed by atoms with Gasteiger partial charge in [0, 0.05) is 148 Å². The molecule has 8 unspecified atom stereocenters. The van der Waals surface area contributed by atoms with Crippen LogP contribution in [0.25, 0.3) is 0 Å². The van der Waals surface area contributed by atoms with Gasteiger partial charge in [0.2, 0.25) is 4.29 Å². The summed E-state index contributed by atoms with van der Waals surface area (Å²) in [6.45, 7) is 19.5. The average Bonchev–Trinajstić information content (AvgIpc) is 1.65. The molecule has 10 heterocycles. The molecule has 0 saturated carbocycles. The summed E-state index contributed by atoms with van der Waals surface area (Å²) in [6, 6.07) is 5.01. The third-order valence-corrected chi connectivity index (χ3v) is 26.4. The van der Waals surface area contributed by atoms with E-state index in [9.17, 15) is 57.5 Å². The summed E-state index contributed by atoms with van der Waals surface area (Å²) >= 11 is 0. The Morgan fingerprint density at radius 2 is 0.887 bits per heavy atom. The summed E-state index contributed by atoms with van der Waals surface area (Å²) in [6.07, 6.45) is 1.99. The summed E-state index contributed by atoms with van der Waals surface area (Å²) in [5.74, 6) is 4.98. The second-order valence-electron chi connectivity index (χ2n) is 29.0. The molecule has 6 saturated heterocycles. The molecule has 41 nitrogen and oxygen atoms in total. The van der Waals surface area contributed by atoms with Gasteiger partial charge in [-0.15, -0.1) is 12.8 Å². The summed E-state index contributed by atoms with van der Waals surface area (Å²) in [5, 5.41) is 18.4. The number of ketones is 2. The van der Waals surface area contributed by atoms with Gasteiger partial charge in [0.1, 0.15) is 67.8 Å². The zero-order valence-corrected chi connectivity index (χ0v) is 76.8. The first kappa shape index (κ1) is 99.8. The van der Waals surface area contributed by atoms with Gasteiger partial charge in [0.05, 0.1) is 67.8 Å². The van der Waals surface area contributed by atoms with Crippen LogP contribution in [0, 0.1) is 36.5 Å². The molecule has 10 rings (SSSR count). The molecular weight excluding hydrogens is 1750 g/mol. The molecule has 6 aliphatic heterocycles. The van der Waals surface area contributed by atoms with Crippen LogP contribution in [0.4, 0.5) is 0 Å². The largest absolute Gasteiger partial charge is 0.457 e. The number of ether oxygens (including phenoxy) is 10. The number of carbonyl (C=O) groups excluding carboxylic acids is 4. The Hall–Kier alpha value is -6.38. The predicted octanol–water partition coefficient (Wildman–Crippen LogP) is 4.73. The SMILES string of the molecule is CC(C)(C)OO.[2H]C[C@H]1O[C@@H](n2ccc(=O)[nH]c2=O)[C@@H](C)C1OP(OC1CSSC[C@@H]1OCC#C)N(C(C)C)C(C)C.[2H]C[C@H]1O[C@@H](n2ccc(=O)[nH]c2=O)[C@@H](C)C1OP(OC[C@H]1O[C@@H](n2ccc(=O)[nH]c2=O)[C@@H](OC)C1OC(=O)CCC(C)=O)OC1CSSC[C@H]1OCC#C.[2H]C[C@H]1O[C@@H](n2ccc(=O)[nH]c2=O)[C@@H](OC)C1OC(=O)CCC(C)=O.[3H]OC.[3H]OC.[3H]OC. The Kier molecular flexibility index (Phi) is 44.6. The first-order valence-corrected chi connectivity index (χ1v) is 45.8. The average molecular weight is 1880 g/mol. The van der Waals surface area contributed by atoms with Crippen LogP contribution in [-0.2, 0) is 94.1 Å². The molecule has 47 heteroatoms. The Morgan fingerprint density at radius 3 is 1.24 bits per heavy atom. The fraction of sp³-hybridized carbons (Fsp3) is 0.688. The summed E-state index contributed by atoms with van der Waals surface area (Å²) in [4.78, 5) is 156. The van der Waals surface area contributed by atoms with Crippen LogP contribution in [0.3, 0.4) is 0 Å². The van der Waals surface area contributed by atoms with Crippen LogP contribution < -0.4 is 45.0 Å². The fourth-order valence-corrected chi connectivity index (χ4v) is 20.9. The highest BCUT2D eigenvalue weighted by Crippen LogP contribution is 2.55. The molecule has 22 atom stereocenters. The van der Waals surface area contributed by atoms with E-state index in [1.807, 2.05) is 6.92 Å². The van der Waals surface area contributed by atoms with Gasteiger partial charge in [-0.1, -0.05) is 68.9 Å². The fourth-order valence-electron chi connectivity index (χ4n) is 12.5. The third-order valence-electron chi connectivity index (χ3n) is 18.2. The van der Waals surface area contributed by atoms with Crippen LogP contribution >= 0.6 is 60.3 Å². The molecule has 124 heavy (non-hydrogen) atoms. The van der Waals surface area contributed by atoms with Crippen molar-refractivity contribution in [3.05, 3.63) is 132 Å². The van der Waals surface area contributed by atoms with Crippen molar-refractivity contribution in [2.45, 2.75) is 251 Å². The molecule has 8 N–H and O–H groups in total. The topological polar surface area (TPSA) is 520 Å². The van der Waals surface area contributed by atoms with Gasteiger partial charge in [0.25, 0.3) is 30.8 Å². The maximum Gasteiger partial charge on any atom is 0.333 e. The van der Waals surface area contributed by atoms with Crippen molar-refractivity contribution in [3.8, 4) is 24.7 Å². The first-order chi connectivity index (χ1) is 61.8. The van der Waals surface area contributed by atoms with Crippen molar-refractivity contribution in [3.63, 3.8) is 0 Å². The van der Waals surface area contributed by atoms with E-state index in [2.05, 4.69) is 84.4 Å². The standard InChI is InChI=1S/C32H41N4O14PS2.C23H36N3O6PS2.C15H20N2O7.C4H10O2.3CH4O/c1-6-13-44-21-15-52-53-16-22(21)49-51(50-26-18(3)29(46-19(26)4)35-11-9-23(38)33-31(35)41)45-14-20-27(48-25(40)8-7-17(2)37)28(43-5)30(47-20)36-12-10-24(39)34-32(36)42;1-8-11-29-18-12-34-35-13-19(18)31-33(26(14(2)3)15(4)5)32-21-16(6)22(30-17(21)7)25-10-9-20(27)24-23(25)28;1-8(18)4-5-11(20)24-12-9(2)23-14(13(12)22-3)17-7-6-10(19)16-15(17)21;1-4(2,3)6-5;3*1-2/h1,9-12,18-22,26-30H,7-8,13-16H2,2-5H3,(H,33,38,41)(H,34,39,42);1,9-10,14-19,21-22H,11-13H2,2-7H3,(H,24,27,28);6-7,9,12-14H,4-5H2,1-3H3,(H,16,19,21);5H,1-3H3;3*2H,1H3/t18-,19+,20+,21+,22?,26?,27?,28-,29+,30+,51?;16-,17+,18-,19?,21?,22+,33?;9-,12?,13+,14-;;;;/m001..../s1/i4D;7D;2D;;3*2T. The van der Waals surface area contributed by atoms with Gasteiger partial charge >= 0.3 is 43.3 Å². The lowest BCUT2D eigenvalue weighted by molar-refractivity contribution is -0.306. The van der Waals surface area contributed by atoms with Crippen LogP contribution in [-0.4, -0.2) is 273 Å². The molecular formula is C77H119N9O32P2S4. The van der Waals surface area contributed by atoms with E-state index in [0.29, 0.717) is 11.5 Å². The molecule has 698 valence electrons. The van der Waals surface area contributed by atoms with Crippen molar-refractivity contribution in [2.24, 2.45) is 11.8 Å². The van der Waals surface area contributed by atoms with E-state index in [-0.39, 0.29) is 108 Å². The van der Waals surface area contributed by atoms with Crippen molar-refractivity contribution in [1.29, 1.82) is 4.29 Å². The van der Waals surface area contributed by atoms with Crippen LogP contribution in [0.2, 0.25) is 0 Å². The van der Waals surface area contributed by atoms with Gasteiger partial charge in [0.15, 0.2) is 24.7 Å². The van der Waals surface area contributed by atoms with E-state index in [4.69, 9.17) is 96.5 Å². The van der Waals surface area contributed by atoms with Gasteiger partial charge in [-0.3, -0.25) is 72.2 Å². The number of H-pyrrole nitrogens is 4. The number of terminal acetylenes is 2. The molecule has 6 fully saturated rings. The minimum atomic E-state index is -2.35. The van der Waals surface area contributed by atoms with Crippen LogP contribution in [0.15, 0.2) is 87.4 Å². The number of hydrogen-bond acceptors (Lipinski definition) is 37. The first-order valence-electron chi connectivity index (χ1n) is 41.9. The second-order valence-corrected chi connectivity index (χ2v) is 36.6. The number of aliphatic hydroxyl groups excluding tert-OH is 3. The maximum absolute atomic E-state index is 12.9. The number of aromatic amines is 4. The van der Waals surface area contributed by atoms with Crippen molar-refractivity contribution >= 4 is 83.8 Å². The van der Waals surface area contributed by atoms with Gasteiger partial charge in [-0.2, -0.15) is 0 Å². The van der Waals surface area contributed by atoms with Crippen LogP contribution in [0.5, 0.6) is 0 Å². The number of nitrogens with one attached hydrogen (secondary N) is 4. The Balaban J connectivity index is 0.000000400. The van der Waals surface area contributed by atoms with E-state index >= 15 is 0 Å². The van der Waals surface area contributed by atoms with Crippen molar-refractivity contribution < 1.29 is 119 Å². The molecule has 0 aromatic carbocycles. The maximum atomic E-state index is 12.9. The van der Waals surface area contributed by atoms with Gasteiger partial charge in [-0.25, -0.2) is 28.7 Å². The number of methoxy groups -OCH3 is 2. The number of aliphatic hydroxyl groups is 3. The Morgan fingerprint density at radius 1 is 0.548 bits per heavy atom. The normalized spacial score (nSPS) is 28.0. The molecule has 4 aromatic rings. The smallest absolute Gasteiger partial charge is 0.333 e. The van der Waals surface area contributed by atoms with Gasteiger partial charge < -0.3 is 94.9 Å². The van der Waals surface area contributed by atoms with E-state index in [0.717, 1.165) is 32.8 Å². The van der Waals surface area contributed by atoms with Crippen molar-refractivity contribution in [1.82, 2.24) is 42.9 Å². The number of Topliss-reactive ketones (excluding diaryl/α,β-unsaturated/α-hetero) is 2. The zero-order chi connectivity index (χ0) is 97.2. The highest BCUT2D eigenvalue weighted by Gasteiger charge is 2.52. The molecule has 0 radical (unpaired) electrons. The van der Waals surface area contributed by atoms with E-state index in [1.165, 1.54) is 95.5 Å². The van der Waals surface area contributed by atoms with Crippen molar-refractivity contribution in [2.75, 3.05) is 78.4 Å². The highest BCUT2D eigenvalue weighted by atomic mass is 33.1. The Bertz CT molecular complexity index is 4670. The monoisotopic (exact) mass is 1880 g/mol. The zero-order valence-electron chi connectivity index (χ0n) is 77.7. The summed E-state index contributed by atoms with van der Waals surface area (Å²) in [7, 11) is 9.25. The molecule has 0 amide bonds. The lowest BCUT2D eigenvalue weighted by atomic mass is 10.0. The molecule has 0 bridgehead atoms. The number of hydrogen-bond donors (Lipinski definition) is 8. The third kappa shape index (κ3) is 33.3. The quantitative estimate of drug-likeness (QED) is 0.00818. The number of aromatic nitrogens is 8. The van der Waals surface area contributed by atoms with Gasteiger partial charge in [-0.05, 0) is 83.0 Å². The van der Waals surface area contributed by atoms with E-state index in [1.54, 1.807) is 70.9 Å². The van der Waals surface area contributed by atoms with E-state index < -0.39 is 184 Å². The molecule has 6 aliphatic rings. The minimum Gasteiger partial charge on any atom is -0.457 e. The second kappa shape index (κ2) is 55.5. The molecule has 4 aromatic heterocycles. The minimum absolute atomic E-state index is 0.0376. The molecule has 0 aliphatic carbocycles. The van der Waals surface area contributed by atoms with Crippen LogP contribution in [0.1, 0.15) is 152 Å². The molecule has 0 spiro atoms. The number of rotatable bonds is 32.